The third kappa shape index (κ3) is 6.75. The summed E-state index contributed by atoms with van der Waals surface area (Å²) in [7, 11) is 3.32. The Morgan fingerprint density at radius 1 is 1.06 bits per heavy atom. The van der Waals surface area contributed by atoms with E-state index >= 15 is 0 Å². The Hall–Kier alpha value is -3.59. The second kappa shape index (κ2) is 12.4. The molecule has 194 valence electrons. The minimum absolute atomic E-state index is 0.00298. The van der Waals surface area contributed by atoms with E-state index in [0.717, 1.165) is 0 Å². The van der Waals surface area contributed by atoms with E-state index in [9.17, 15) is 14.4 Å². The molecule has 0 saturated heterocycles. The predicted molar refractivity (Wildman–Crippen MR) is 139 cm³/mol. The van der Waals surface area contributed by atoms with Crippen LogP contribution in [0.25, 0.3) is 0 Å². The van der Waals surface area contributed by atoms with Gasteiger partial charge in [0.2, 0.25) is 5.91 Å². The van der Waals surface area contributed by atoms with E-state index < -0.39 is 6.03 Å². The van der Waals surface area contributed by atoms with Crippen molar-refractivity contribution in [2.75, 3.05) is 44.5 Å². The molecule has 0 fully saturated rings. The zero-order valence-electron chi connectivity index (χ0n) is 21.6. The average molecular weight is 497 g/mol. The maximum absolute atomic E-state index is 13.4. The van der Waals surface area contributed by atoms with E-state index in [2.05, 4.69) is 10.6 Å². The minimum atomic E-state index is -0.424. The number of rotatable bonds is 4. The van der Waals surface area contributed by atoms with Gasteiger partial charge in [-0.3, -0.25) is 9.59 Å². The summed E-state index contributed by atoms with van der Waals surface area (Å²) in [5.74, 6) is 0.176. The Bertz CT molecular complexity index is 1060. The summed E-state index contributed by atoms with van der Waals surface area (Å²) in [6, 6.07) is 13.4. The number of amides is 4. The third-order valence-electron chi connectivity index (χ3n) is 6.36. The van der Waals surface area contributed by atoms with Crippen molar-refractivity contribution in [1.29, 1.82) is 0 Å². The van der Waals surface area contributed by atoms with Crippen molar-refractivity contribution in [2.24, 2.45) is 5.92 Å². The van der Waals surface area contributed by atoms with Gasteiger partial charge in [0.1, 0.15) is 12.4 Å². The van der Waals surface area contributed by atoms with Gasteiger partial charge in [-0.15, -0.1) is 0 Å². The van der Waals surface area contributed by atoms with Crippen LogP contribution in [0.1, 0.15) is 37.6 Å². The van der Waals surface area contributed by atoms with E-state index in [0.29, 0.717) is 42.2 Å². The highest BCUT2D eigenvalue weighted by atomic mass is 16.5. The van der Waals surface area contributed by atoms with Crippen LogP contribution >= 0.6 is 0 Å². The lowest BCUT2D eigenvalue weighted by atomic mass is 10.0. The molecule has 3 atom stereocenters. The maximum atomic E-state index is 13.4. The van der Waals surface area contributed by atoms with Crippen LogP contribution in [0, 0.1) is 5.92 Å². The first kappa shape index (κ1) is 27.0. The van der Waals surface area contributed by atoms with Crippen LogP contribution in [0.3, 0.4) is 0 Å². The topological polar surface area (TPSA) is 100 Å². The van der Waals surface area contributed by atoms with Gasteiger partial charge in [0, 0.05) is 51.0 Å². The van der Waals surface area contributed by atoms with Crippen LogP contribution in [0.4, 0.5) is 16.2 Å². The number of hydrogen-bond acceptors (Lipinski definition) is 5. The highest BCUT2D eigenvalue weighted by Crippen LogP contribution is 2.26. The number of methoxy groups -OCH3 is 1. The highest BCUT2D eigenvalue weighted by molar-refractivity contribution is 6.02. The van der Waals surface area contributed by atoms with Crippen molar-refractivity contribution in [3.05, 3.63) is 54.1 Å². The van der Waals surface area contributed by atoms with E-state index in [4.69, 9.17) is 9.47 Å². The Kier molecular flexibility index (Phi) is 9.30. The molecule has 4 amide bonds. The first-order valence-corrected chi connectivity index (χ1v) is 12.2. The number of fused-ring (bicyclic) bond motifs is 1. The average Bonchev–Trinajstić information content (AvgIpc) is 2.88. The molecule has 2 aromatic carbocycles. The number of anilines is 2. The highest BCUT2D eigenvalue weighted by Gasteiger charge is 2.30. The van der Waals surface area contributed by atoms with E-state index in [1.807, 2.05) is 43.9 Å². The number of nitrogens with one attached hydrogen (secondary N) is 2. The summed E-state index contributed by atoms with van der Waals surface area (Å²) in [5, 5.41) is 5.53. The molecule has 0 saturated carbocycles. The SMILES string of the molecule is CCC(=O)N1C[C@@H](C)[C@H](OC)CN(C)C(=O)c2cc(NC(=O)Nc3ccccc3)ccc2OC[C@H]1C. The monoisotopic (exact) mass is 496 g/mol. The fourth-order valence-electron chi connectivity index (χ4n) is 4.22. The second-order valence-electron chi connectivity index (χ2n) is 9.15. The summed E-state index contributed by atoms with van der Waals surface area (Å²) in [4.78, 5) is 42.0. The number of para-hydroxylation sites is 1. The van der Waals surface area contributed by atoms with Crippen LogP contribution in [0.2, 0.25) is 0 Å². The van der Waals surface area contributed by atoms with Gasteiger partial charge in [0.15, 0.2) is 0 Å². The number of carbonyl (C=O) groups is 3. The first-order valence-electron chi connectivity index (χ1n) is 12.2. The molecular formula is C27H36N4O5. The van der Waals surface area contributed by atoms with Gasteiger partial charge in [-0.2, -0.15) is 0 Å². The summed E-state index contributed by atoms with van der Waals surface area (Å²) in [5.41, 5.74) is 1.42. The summed E-state index contributed by atoms with van der Waals surface area (Å²) >= 11 is 0. The number of ether oxygens (including phenoxy) is 2. The van der Waals surface area contributed by atoms with Crippen molar-refractivity contribution in [1.82, 2.24) is 9.80 Å². The zero-order chi connectivity index (χ0) is 26.2. The van der Waals surface area contributed by atoms with Crippen molar-refractivity contribution >= 4 is 29.2 Å². The Morgan fingerprint density at radius 3 is 2.42 bits per heavy atom. The van der Waals surface area contributed by atoms with Gasteiger partial charge < -0.3 is 29.9 Å². The van der Waals surface area contributed by atoms with Crippen LogP contribution in [0.5, 0.6) is 5.75 Å². The van der Waals surface area contributed by atoms with E-state index in [-0.39, 0.29) is 36.5 Å². The molecule has 1 aliphatic rings. The zero-order valence-corrected chi connectivity index (χ0v) is 21.6. The summed E-state index contributed by atoms with van der Waals surface area (Å²) in [6.45, 7) is 6.86. The minimum Gasteiger partial charge on any atom is -0.491 e. The lowest BCUT2D eigenvalue weighted by Crippen LogP contribution is -2.48. The molecule has 0 unspecified atom stereocenters. The molecule has 1 heterocycles. The summed E-state index contributed by atoms with van der Waals surface area (Å²) < 4.78 is 11.8. The predicted octanol–water partition coefficient (Wildman–Crippen LogP) is 4.07. The number of nitrogens with zero attached hydrogens (tertiary/aromatic N) is 2. The molecule has 0 radical (unpaired) electrons. The fraction of sp³-hybridized carbons (Fsp3) is 0.444. The third-order valence-corrected chi connectivity index (χ3v) is 6.36. The molecule has 9 nitrogen and oxygen atoms in total. The van der Waals surface area contributed by atoms with Gasteiger partial charge in [-0.05, 0) is 37.3 Å². The molecule has 2 N–H and O–H groups in total. The number of carbonyl (C=O) groups excluding carboxylic acids is 3. The van der Waals surface area contributed by atoms with Gasteiger partial charge >= 0.3 is 6.03 Å². The molecular weight excluding hydrogens is 460 g/mol. The van der Waals surface area contributed by atoms with E-state index in [1.165, 1.54) is 0 Å². The fourth-order valence-corrected chi connectivity index (χ4v) is 4.22. The Labute approximate surface area is 212 Å². The van der Waals surface area contributed by atoms with Crippen molar-refractivity contribution in [2.45, 2.75) is 39.3 Å². The lowest BCUT2D eigenvalue weighted by Gasteiger charge is -2.36. The molecule has 2 aromatic rings. The summed E-state index contributed by atoms with van der Waals surface area (Å²) in [6.07, 6.45) is 0.129. The van der Waals surface area contributed by atoms with Gasteiger partial charge in [0.05, 0.1) is 17.7 Å². The van der Waals surface area contributed by atoms with Crippen LogP contribution < -0.4 is 15.4 Å². The largest absolute Gasteiger partial charge is 0.491 e. The van der Waals surface area contributed by atoms with Crippen molar-refractivity contribution in [3.8, 4) is 5.75 Å². The molecule has 36 heavy (non-hydrogen) atoms. The molecule has 3 rings (SSSR count). The number of benzene rings is 2. The van der Waals surface area contributed by atoms with Crippen LogP contribution in [-0.2, 0) is 9.53 Å². The molecule has 0 bridgehead atoms. The first-order chi connectivity index (χ1) is 17.2. The number of hydrogen-bond donors (Lipinski definition) is 2. The van der Waals surface area contributed by atoms with E-state index in [1.54, 1.807) is 49.4 Å². The Balaban J connectivity index is 1.89. The van der Waals surface area contributed by atoms with Crippen molar-refractivity contribution in [3.63, 3.8) is 0 Å². The lowest BCUT2D eigenvalue weighted by molar-refractivity contribution is -0.135. The standard InChI is InChI=1S/C27H36N4O5/c1-6-25(32)31-15-18(2)24(35-5)16-30(4)26(33)22-14-21(12-13-23(22)36-17-19(31)3)29-27(34)28-20-10-8-7-9-11-20/h7-14,18-19,24H,6,15-17H2,1-5H3,(H2,28,29,34)/t18-,19-,24-/m1/s1. The molecule has 9 heteroatoms. The normalized spacial score (nSPS) is 20.9. The smallest absolute Gasteiger partial charge is 0.323 e. The maximum Gasteiger partial charge on any atom is 0.323 e. The quantitative estimate of drug-likeness (QED) is 0.665. The van der Waals surface area contributed by atoms with Gasteiger partial charge in [-0.1, -0.05) is 32.0 Å². The molecule has 1 aliphatic heterocycles. The van der Waals surface area contributed by atoms with Crippen LogP contribution in [-0.4, -0.2) is 73.6 Å². The Morgan fingerprint density at radius 2 is 1.75 bits per heavy atom. The molecule has 0 aliphatic carbocycles. The van der Waals surface area contributed by atoms with Gasteiger partial charge in [0.25, 0.3) is 5.91 Å². The van der Waals surface area contributed by atoms with Crippen LogP contribution in [0.15, 0.2) is 48.5 Å². The number of likely N-dealkylation sites (N-methyl/N-ethyl adjacent to an activating group) is 1. The molecule has 0 spiro atoms. The molecule has 0 aromatic heterocycles. The van der Waals surface area contributed by atoms with Crippen molar-refractivity contribution < 1.29 is 23.9 Å². The second-order valence-corrected chi connectivity index (χ2v) is 9.15. The van der Waals surface area contributed by atoms with Gasteiger partial charge in [-0.25, -0.2) is 4.79 Å². The number of urea groups is 1.